The summed E-state index contributed by atoms with van der Waals surface area (Å²) in [6, 6.07) is 0.254. The molecule has 0 bridgehead atoms. The van der Waals surface area contributed by atoms with E-state index in [4.69, 9.17) is 4.74 Å². The van der Waals surface area contributed by atoms with Gasteiger partial charge in [-0.05, 0) is 25.2 Å². The van der Waals surface area contributed by atoms with Gasteiger partial charge in [0.2, 0.25) is 5.91 Å². The van der Waals surface area contributed by atoms with Crippen molar-refractivity contribution in [1.82, 2.24) is 14.7 Å². The molecule has 1 rings (SSSR count). The van der Waals surface area contributed by atoms with Gasteiger partial charge in [0.1, 0.15) is 0 Å². The second-order valence-corrected chi connectivity index (χ2v) is 7.72. The smallest absolute Gasteiger partial charge is 0.409 e. The molecule has 0 aromatic heterocycles. The third-order valence-corrected chi connectivity index (χ3v) is 4.40. The van der Waals surface area contributed by atoms with Crippen LogP contribution in [-0.4, -0.2) is 79.1 Å². The van der Waals surface area contributed by atoms with E-state index < -0.39 is 0 Å². The number of carbonyl (C=O) groups is 2. The Kier molecular flexibility index (Phi) is 8.53. The molecule has 0 aromatic rings. The lowest BCUT2D eigenvalue weighted by atomic mass is 10.0. The van der Waals surface area contributed by atoms with E-state index in [1.54, 1.807) is 4.90 Å². The van der Waals surface area contributed by atoms with Crippen LogP contribution in [0.5, 0.6) is 0 Å². The van der Waals surface area contributed by atoms with E-state index in [0.717, 1.165) is 19.5 Å². The minimum atomic E-state index is -0.239. The number of likely N-dealkylation sites (N-methyl/N-ethyl adjacent to an activating group) is 1. The summed E-state index contributed by atoms with van der Waals surface area (Å²) in [5.41, 5.74) is 0. The van der Waals surface area contributed by atoms with Crippen molar-refractivity contribution in [3.8, 4) is 0 Å². The fraction of sp³-hybridized carbons (Fsp3) is 0.889. The lowest BCUT2D eigenvalue weighted by Gasteiger charge is -2.35. The summed E-state index contributed by atoms with van der Waals surface area (Å²) in [6.07, 6.45) is 0.773. The average molecular weight is 341 g/mol. The minimum absolute atomic E-state index is 0.152. The van der Waals surface area contributed by atoms with Gasteiger partial charge in [-0.1, -0.05) is 27.7 Å². The molecule has 6 nitrogen and oxygen atoms in total. The summed E-state index contributed by atoms with van der Waals surface area (Å²) in [4.78, 5) is 30.0. The van der Waals surface area contributed by atoms with Crippen LogP contribution >= 0.6 is 0 Å². The Labute approximate surface area is 147 Å². The topological polar surface area (TPSA) is 53.1 Å². The van der Waals surface area contributed by atoms with E-state index in [2.05, 4.69) is 25.7 Å². The molecule has 6 heteroatoms. The standard InChI is InChI=1S/C18H35N3O3/c1-14(2)11-16(5)19(6)17(22)12-20-7-9-21(10-8-20)18(23)24-13-15(3)4/h14-16H,7-13H2,1-6H3. The van der Waals surface area contributed by atoms with Crippen LogP contribution in [0.1, 0.15) is 41.0 Å². The Morgan fingerprint density at radius 3 is 2.08 bits per heavy atom. The molecule has 0 N–H and O–H groups in total. The van der Waals surface area contributed by atoms with Gasteiger partial charge < -0.3 is 14.5 Å². The average Bonchev–Trinajstić information content (AvgIpc) is 2.51. The summed E-state index contributed by atoms with van der Waals surface area (Å²) >= 11 is 0. The third-order valence-electron chi connectivity index (χ3n) is 4.40. The molecule has 140 valence electrons. The molecule has 1 saturated heterocycles. The minimum Gasteiger partial charge on any atom is -0.449 e. The highest BCUT2D eigenvalue weighted by molar-refractivity contribution is 5.78. The second-order valence-electron chi connectivity index (χ2n) is 7.72. The zero-order valence-corrected chi connectivity index (χ0v) is 16.2. The second kappa shape index (κ2) is 9.87. The van der Waals surface area contributed by atoms with E-state index in [0.29, 0.717) is 38.1 Å². The predicted octanol–water partition coefficient (Wildman–Crippen LogP) is 2.29. The molecule has 1 aliphatic rings. The number of hydrogen-bond acceptors (Lipinski definition) is 4. The highest BCUT2D eigenvalue weighted by atomic mass is 16.6. The van der Waals surface area contributed by atoms with Gasteiger partial charge in [0.15, 0.2) is 0 Å². The van der Waals surface area contributed by atoms with Crippen molar-refractivity contribution in [2.24, 2.45) is 11.8 Å². The van der Waals surface area contributed by atoms with Crippen molar-refractivity contribution in [1.29, 1.82) is 0 Å². The molecule has 0 spiro atoms. The highest BCUT2D eigenvalue weighted by Gasteiger charge is 2.25. The number of nitrogens with zero attached hydrogens (tertiary/aromatic N) is 3. The maximum Gasteiger partial charge on any atom is 0.409 e. The third kappa shape index (κ3) is 7.07. The van der Waals surface area contributed by atoms with Crippen molar-refractivity contribution in [3.05, 3.63) is 0 Å². The lowest BCUT2D eigenvalue weighted by Crippen LogP contribution is -2.52. The largest absolute Gasteiger partial charge is 0.449 e. The molecule has 1 unspecified atom stereocenters. The molecule has 0 aliphatic carbocycles. The molecule has 1 heterocycles. The van der Waals surface area contributed by atoms with Gasteiger partial charge in [-0.2, -0.15) is 0 Å². The highest BCUT2D eigenvalue weighted by Crippen LogP contribution is 2.11. The maximum atomic E-state index is 12.4. The van der Waals surface area contributed by atoms with Crippen LogP contribution in [0.4, 0.5) is 4.79 Å². The number of ether oxygens (including phenoxy) is 1. The Morgan fingerprint density at radius 1 is 1.00 bits per heavy atom. The van der Waals surface area contributed by atoms with Crippen LogP contribution in [0.2, 0.25) is 0 Å². The van der Waals surface area contributed by atoms with Gasteiger partial charge in [0, 0.05) is 39.3 Å². The molecule has 2 amide bonds. The van der Waals surface area contributed by atoms with E-state index in [1.807, 2.05) is 25.8 Å². The summed E-state index contributed by atoms with van der Waals surface area (Å²) in [7, 11) is 1.88. The van der Waals surface area contributed by atoms with Crippen LogP contribution < -0.4 is 0 Å². The quantitative estimate of drug-likeness (QED) is 0.713. The van der Waals surface area contributed by atoms with Crippen LogP contribution in [0.3, 0.4) is 0 Å². The van der Waals surface area contributed by atoms with Gasteiger partial charge in [0.05, 0.1) is 13.2 Å². The Hall–Kier alpha value is -1.30. The first-order valence-corrected chi connectivity index (χ1v) is 9.10. The molecule has 1 atom stereocenters. The van der Waals surface area contributed by atoms with Gasteiger partial charge in [0.25, 0.3) is 0 Å². The molecular weight excluding hydrogens is 306 g/mol. The number of rotatable bonds is 7. The molecular formula is C18H35N3O3. The zero-order valence-electron chi connectivity index (χ0n) is 16.2. The fourth-order valence-electron chi connectivity index (χ4n) is 2.81. The van der Waals surface area contributed by atoms with Crippen molar-refractivity contribution in [2.45, 2.75) is 47.1 Å². The van der Waals surface area contributed by atoms with Crippen molar-refractivity contribution >= 4 is 12.0 Å². The number of amides is 2. The summed E-state index contributed by atoms with van der Waals surface area (Å²) < 4.78 is 5.26. The predicted molar refractivity (Wildman–Crippen MR) is 95.9 cm³/mol. The van der Waals surface area contributed by atoms with E-state index >= 15 is 0 Å². The Morgan fingerprint density at radius 2 is 1.58 bits per heavy atom. The molecule has 0 saturated carbocycles. The molecule has 0 aromatic carbocycles. The normalized spacial score (nSPS) is 17.2. The van der Waals surface area contributed by atoms with Crippen molar-refractivity contribution in [3.63, 3.8) is 0 Å². The molecule has 24 heavy (non-hydrogen) atoms. The fourth-order valence-corrected chi connectivity index (χ4v) is 2.81. The van der Waals surface area contributed by atoms with Crippen molar-refractivity contribution < 1.29 is 14.3 Å². The number of piperazine rings is 1. The Bertz CT molecular complexity index is 404. The number of hydrogen-bond donors (Lipinski definition) is 0. The van der Waals surface area contributed by atoms with Crippen LogP contribution in [0, 0.1) is 11.8 Å². The summed E-state index contributed by atoms with van der Waals surface area (Å²) in [6.45, 7) is 14.0. The van der Waals surface area contributed by atoms with Gasteiger partial charge in [-0.3, -0.25) is 9.69 Å². The van der Waals surface area contributed by atoms with Crippen LogP contribution in [-0.2, 0) is 9.53 Å². The van der Waals surface area contributed by atoms with Crippen LogP contribution in [0.25, 0.3) is 0 Å². The van der Waals surface area contributed by atoms with Gasteiger partial charge >= 0.3 is 6.09 Å². The van der Waals surface area contributed by atoms with E-state index in [1.165, 1.54) is 0 Å². The summed E-state index contributed by atoms with van der Waals surface area (Å²) in [5.74, 6) is 1.07. The zero-order chi connectivity index (χ0) is 18.3. The van der Waals surface area contributed by atoms with E-state index in [-0.39, 0.29) is 18.0 Å². The molecule has 0 radical (unpaired) electrons. The SMILES string of the molecule is CC(C)COC(=O)N1CCN(CC(=O)N(C)C(C)CC(C)C)CC1. The first kappa shape index (κ1) is 20.7. The molecule has 1 fully saturated rings. The van der Waals surface area contributed by atoms with E-state index in [9.17, 15) is 9.59 Å². The lowest BCUT2D eigenvalue weighted by molar-refractivity contribution is -0.133. The van der Waals surface area contributed by atoms with Crippen LogP contribution in [0.15, 0.2) is 0 Å². The van der Waals surface area contributed by atoms with Gasteiger partial charge in [-0.25, -0.2) is 4.79 Å². The van der Waals surface area contributed by atoms with Gasteiger partial charge in [-0.15, -0.1) is 0 Å². The first-order valence-electron chi connectivity index (χ1n) is 9.10. The monoisotopic (exact) mass is 341 g/mol. The number of carbonyl (C=O) groups excluding carboxylic acids is 2. The first-order chi connectivity index (χ1) is 11.2. The molecule has 1 aliphatic heterocycles. The maximum absolute atomic E-state index is 12.4. The summed E-state index contributed by atoms with van der Waals surface area (Å²) in [5, 5.41) is 0. The van der Waals surface area contributed by atoms with Crippen molar-refractivity contribution in [2.75, 3.05) is 46.4 Å². The Balaban J connectivity index is 2.35.